The minimum atomic E-state index is -0.688. The molecule has 1 atom stereocenters. The Morgan fingerprint density at radius 3 is 2.95 bits per heavy atom. The first-order valence-corrected chi connectivity index (χ1v) is 7.87. The lowest BCUT2D eigenvalue weighted by atomic mass is 10.2. The van der Waals surface area contributed by atoms with Crippen molar-refractivity contribution < 1.29 is 14.3 Å². The number of nitrogens with one attached hydrogen (secondary N) is 1. The third kappa shape index (κ3) is 2.70. The molecule has 3 rings (SSSR count). The highest BCUT2D eigenvalue weighted by molar-refractivity contribution is 8.00. The van der Waals surface area contributed by atoms with E-state index in [1.165, 1.54) is 23.1 Å². The fourth-order valence-electron chi connectivity index (χ4n) is 1.68. The molecule has 0 unspecified atom stereocenters. The highest BCUT2D eigenvalue weighted by atomic mass is 32.2. The molecule has 1 aromatic heterocycles. The fraction of sp³-hybridized carbons (Fsp3) is 0.250. The van der Waals surface area contributed by atoms with E-state index in [1.54, 1.807) is 12.1 Å². The van der Waals surface area contributed by atoms with Crippen molar-refractivity contribution in [3.8, 4) is 11.5 Å². The first-order valence-electron chi connectivity index (χ1n) is 5.83. The van der Waals surface area contributed by atoms with E-state index >= 15 is 0 Å². The van der Waals surface area contributed by atoms with Crippen LogP contribution in [0.3, 0.4) is 0 Å². The van der Waals surface area contributed by atoms with Crippen molar-refractivity contribution in [2.45, 2.75) is 10.4 Å². The number of thioether (sulfide) groups is 1. The Kier molecular flexibility index (Phi) is 3.75. The summed E-state index contributed by atoms with van der Waals surface area (Å²) < 4.78 is 11.9. The van der Waals surface area contributed by atoms with Crippen molar-refractivity contribution in [3.05, 3.63) is 24.3 Å². The summed E-state index contributed by atoms with van der Waals surface area (Å²) >= 11 is 2.80. The number of carbonyl (C=O) groups excluding carboxylic acids is 1. The van der Waals surface area contributed by atoms with E-state index in [0.29, 0.717) is 16.6 Å². The molecule has 1 aliphatic heterocycles. The van der Waals surface area contributed by atoms with Crippen LogP contribution in [0.25, 0.3) is 0 Å². The molecule has 1 aliphatic rings. The summed E-state index contributed by atoms with van der Waals surface area (Å²) in [6.45, 7) is 0.178. The average Bonchev–Trinajstić information content (AvgIpc) is 2.94. The number of rotatable bonds is 3. The Balaban J connectivity index is 1.67. The molecule has 1 N–H and O–H groups in total. The van der Waals surface area contributed by atoms with Gasteiger partial charge in [-0.15, -0.1) is 10.2 Å². The van der Waals surface area contributed by atoms with E-state index in [4.69, 9.17) is 9.47 Å². The second-order valence-electron chi connectivity index (χ2n) is 3.93. The number of anilines is 1. The smallest absolute Gasteiger partial charge is 0.270 e. The lowest BCUT2D eigenvalue weighted by Gasteiger charge is -2.25. The molecule has 1 amide bonds. The lowest BCUT2D eigenvalue weighted by Crippen LogP contribution is -2.40. The summed E-state index contributed by atoms with van der Waals surface area (Å²) in [4.78, 5) is 12.1. The Hall–Kier alpha value is -1.80. The van der Waals surface area contributed by atoms with Crippen LogP contribution in [0.2, 0.25) is 0 Å². The van der Waals surface area contributed by atoms with Crippen molar-refractivity contribution in [2.24, 2.45) is 0 Å². The van der Waals surface area contributed by atoms with E-state index in [2.05, 4.69) is 15.5 Å². The van der Waals surface area contributed by atoms with E-state index < -0.39 is 6.10 Å². The topological polar surface area (TPSA) is 73.3 Å². The van der Waals surface area contributed by atoms with Gasteiger partial charge in [-0.05, 0) is 18.4 Å². The first kappa shape index (κ1) is 13.2. The molecule has 0 saturated carbocycles. The number of amides is 1. The maximum atomic E-state index is 12.1. The number of hydrogen-bond acceptors (Lipinski definition) is 7. The number of ether oxygens (including phenoxy) is 2. The van der Waals surface area contributed by atoms with E-state index in [1.807, 2.05) is 18.4 Å². The Morgan fingerprint density at radius 2 is 2.20 bits per heavy atom. The zero-order valence-electron chi connectivity index (χ0n) is 10.5. The Bertz CT molecular complexity index is 632. The van der Waals surface area contributed by atoms with Crippen LogP contribution < -0.4 is 14.8 Å². The zero-order chi connectivity index (χ0) is 13.9. The van der Waals surface area contributed by atoms with Gasteiger partial charge in [0.1, 0.15) is 6.61 Å². The van der Waals surface area contributed by atoms with Crippen LogP contribution >= 0.6 is 23.1 Å². The fourth-order valence-corrected chi connectivity index (χ4v) is 2.85. The minimum Gasteiger partial charge on any atom is -0.485 e. The molecule has 0 saturated heterocycles. The number of nitrogens with zero attached hydrogens (tertiary/aromatic N) is 2. The van der Waals surface area contributed by atoms with Crippen molar-refractivity contribution in [1.29, 1.82) is 0 Å². The highest BCUT2D eigenvalue weighted by Gasteiger charge is 2.27. The summed E-state index contributed by atoms with van der Waals surface area (Å²) in [5.74, 6) is 0.932. The number of para-hydroxylation sites is 2. The number of benzene rings is 1. The molecule has 8 heteroatoms. The normalized spacial score (nSPS) is 16.8. The van der Waals surface area contributed by atoms with Gasteiger partial charge in [0.05, 0.1) is 0 Å². The van der Waals surface area contributed by atoms with Gasteiger partial charge in [0.2, 0.25) is 11.2 Å². The van der Waals surface area contributed by atoms with Crippen LogP contribution in [0.5, 0.6) is 11.5 Å². The van der Waals surface area contributed by atoms with Gasteiger partial charge in [0.15, 0.2) is 15.8 Å². The van der Waals surface area contributed by atoms with Gasteiger partial charge in [0.25, 0.3) is 5.91 Å². The van der Waals surface area contributed by atoms with Gasteiger partial charge in [-0.2, -0.15) is 0 Å². The Morgan fingerprint density at radius 1 is 1.40 bits per heavy atom. The van der Waals surface area contributed by atoms with Crippen LogP contribution in [0.4, 0.5) is 5.13 Å². The van der Waals surface area contributed by atoms with Crippen LogP contribution in [-0.2, 0) is 4.79 Å². The van der Waals surface area contributed by atoms with Crippen LogP contribution in [0.15, 0.2) is 28.6 Å². The molecule has 1 aromatic carbocycles. The third-order valence-corrected chi connectivity index (χ3v) is 4.43. The standard InChI is InChI=1S/C12H11N3O3S2/c1-19-12-15-14-11(20-12)13-10(16)9-6-17-7-4-2-3-5-8(7)18-9/h2-5,9H,6H2,1H3,(H,13,14,16)/t9-/m1/s1. The maximum absolute atomic E-state index is 12.1. The SMILES string of the molecule is CSc1nnc(NC(=O)[C@H]2COc3ccccc3O2)s1. The van der Waals surface area contributed by atoms with Crippen LogP contribution in [0.1, 0.15) is 0 Å². The van der Waals surface area contributed by atoms with Gasteiger partial charge in [0, 0.05) is 0 Å². The van der Waals surface area contributed by atoms with E-state index in [-0.39, 0.29) is 12.5 Å². The molecule has 0 radical (unpaired) electrons. The summed E-state index contributed by atoms with van der Waals surface area (Å²) in [5, 5.41) is 10.9. The van der Waals surface area contributed by atoms with Crippen molar-refractivity contribution in [3.63, 3.8) is 0 Å². The molecule has 0 spiro atoms. The molecule has 0 fully saturated rings. The predicted molar refractivity (Wildman–Crippen MR) is 76.7 cm³/mol. The Labute approximate surface area is 123 Å². The number of hydrogen-bond donors (Lipinski definition) is 1. The highest BCUT2D eigenvalue weighted by Crippen LogP contribution is 2.31. The minimum absolute atomic E-state index is 0.178. The van der Waals surface area contributed by atoms with Crippen molar-refractivity contribution in [2.75, 3.05) is 18.2 Å². The van der Waals surface area contributed by atoms with Crippen molar-refractivity contribution in [1.82, 2.24) is 10.2 Å². The zero-order valence-corrected chi connectivity index (χ0v) is 12.2. The van der Waals surface area contributed by atoms with Gasteiger partial charge in [-0.25, -0.2) is 0 Å². The monoisotopic (exact) mass is 309 g/mol. The molecular formula is C12H11N3O3S2. The second kappa shape index (κ2) is 5.68. The molecule has 20 heavy (non-hydrogen) atoms. The summed E-state index contributed by atoms with van der Waals surface area (Å²) in [5.41, 5.74) is 0. The molecule has 2 heterocycles. The van der Waals surface area contributed by atoms with Gasteiger partial charge < -0.3 is 9.47 Å². The molecule has 2 aromatic rings. The quantitative estimate of drug-likeness (QED) is 0.691. The van der Waals surface area contributed by atoms with Crippen LogP contribution in [-0.4, -0.2) is 35.1 Å². The molecular weight excluding hydrogens is 298 g/mol. The summed E-state index contributed by atoms with van der Waals surface area (Å²) in [6.07, 6.45) is 1.22. The average molecular weight is 309 g/mol. The van der Waals surface area contributed by atoms with E-state index in [0.717, 1.165) is 4.34 Å². The lowest BCUT2D eigenvalue weighted by molar-refractivity contribution is -0.125. The molecule has 0 aliphatic carbocycles. The van der Waals surface area contributed by atoms with Crippen LogP contribution in [0, 0.1) is 0 Å². The van der Waals surface area contributed by atoms with Gasteiger partial charge in [-0.3, -0.25) is 10.1 Å². The van der Waals surface area contributed by atoms with Gasteiger partial charge >= 0.3 is 0 Å². The molecule has 104 valence electrons. The number of fused-ring (bicyclic) bond motifs is 1. The van der Waals surface area contributed by atoms with E-state index in [9.17, 15) is 4.79 Å². The van der Waals surface area contributed by atoms with Gasteiger partial charge in [-0.1, -0.05) is 35.2 Å². The third-order valence-electron chi connectivity index (χ3n) is 2.61. The van der Waals surface area contributed by atoms with Crippen molar-refractivity contribution >= 4 is 34.1 Å². The summed E-state index contributed by atoms with van der Waals surface area (Å²) in [7, 11) is 0. The maximum Gasteiger partial charge on any atom is 0.270 e. The summed E-state index contributed by atoms with van der Waals surface area (Å²) in [6, 6.07) is 7.26. The number of aromatic nitrogens is 2. The largest absolute Gasteiger partial charge is 0.485 e. The first-order chi connectivity index (χ1) is 9.76. The number of carbonyl (C=O) groups is 1. The second-order valence-corrected chi connectivity index (χ2v) is 5.96. The molecule has 6 nitrogen and oxygen atoms in total. The molecule has 0 bridgehead atoms. The predicted octanol–water partition coefficient (Wildman–Crippen LogP) is 2.04.